The maximum Gasteiger partial charge on any atom is 0.167 e. The fourth-order valence-corrected chi connectivity index (χ4v) is 2.98. The number of ether oxygens (including phenoxy) is 1. The lowest BCUT2D eigenvalue weighted by Gasteiger charge is -2.08. The third-order valence-electron chi connectivity index (χ3n) is 3.22. The lowest BCUT2D eigenvalue weighted by atomic mass is 10.2. The minimum Gasteiger partial charge on any atom is -0.494 e. The molecule has 0 fully saturated rings. The van der Waals surface area contributed by atoms with E-state index in [0.717, 1.165) is 17.0 Å². The maximum absolute atomic E-state index is 13.8. The SMILES string of the molecule is COc1cc2c(cc1F)nc(CCCl)n2Cc1cscn1. The molecule has 0 aliphatic heterocycles. The molecule has 3 rings (SSSR count). The zero-order chi connectivity index (χ0) is 14.8. The Balaban J connectivity index is 2.15. The lowest BCUT2D eigenvalue weighted by Crippen LogP contribution is -2.06. The van der Waals surface area contributed by atoms with Crippen LogP contribution in [0.2, 0.25) is 0 Å². The second-order valence-corrected chi connectivity index (χ2v) is 5.61. The molecule has 0 saturated carbocycles. The van der Waals surface area contributed by atoms with Gasteiger partial charge in [0.2, 0.25) is 0 Å². The molecule has 21 heavy (non-hydrogen) atoms. The van der Waals surface area contributed by atoms with E-state index >= 15 is 0 Å². The second kappa shape index (κ2) is 5.99. The van der Waals surface area contributed by atoms with Gasteiger partial charge >= 0.3 is 0 Å². The predicted molar refractivity (Wildman–Crippen MR) is 81.9 cm³/mol. The number of halogens is 2. The highest BCUT2D eigenvalue weighted by molar-refractivity contribution is 7.07. The molecule has 0 unspecified atom stereocenters. The summed E-state index contributed by atoms with van der Waals surface area (Å²) >= 11 is 7.38. The summed E-state index contributed by atoms with van der Waals surface area (Å²) in [7, 11) is 1.45. The summed E-state index contributed by atoms with van der Waals surface area (Å²) in [5.74, 6) is 1.07. The van der Waals surface area contributed by atoms with E-state index in [1.165, 1.54) is 13.2 Å². The van der Waals surface area contributed by atoms with Crippen molar-refractivity contribution in [3.05, 3.63) is 40.4 Å². The van der Waals surface area contributed by atoms with Gasteiger partial charge in [-0.15, -0.1) is 22.9 Å². The van der Waals surface area contributed by atoms with Crippen LogP contribution < -0.4 is 4.74 Å². The summed E-state index contributed by atoms with van der Waals surface area (Å²) in [6.07, 6.45) is 0.615. The Labute approximate surface area is 130 Å². The summed E-state index contributed by atoms with van der Waals surface area (Å²) in [5, 5.41) is 1.98. The molecule has 3 aromatic rings. The van der Waals surface area contributed by atoms with E-state index in [1.807, 2.05) is 9.95 Å². The van der Waals surface area contributed by atoms with Gasteiger partial charge in [-0.3, -0.25) is 0 Å². The third kappa shape index (κ3) is 2.73. The van der Waals surface area contributed by atoms with Gasteiger partial charge in [0.1, 0.15) is 5.82 Å². The normalized spacial score (nSPS) is 11.2. The van der Waals surface area contributed by atoms with Gasteiger partial charge in [0, 0.05) is 29.8 Å². The van der Waals surface area contributed by atoms with E-state index in [0.29, 0.717) is 24.4 Å². The summed E-state index contributed by atoms with van der Waals surface area (Å²) in [6, 6.07) is 3.06. The van der Waals surface area contributed by atoms with Crippen LogP contribution >= 0.6 is 22.9 Å². The van der Waals surface area contributed by atoms with Crippen LogP contribution in [0.1, 0.15) is 11.5 Å². The minimum atomic E-state index is -0.416. The van der Waals surface area contributed by atoms with Crippen molar-refractivity contribution in [1.82, 2.24) is 14.5 Å². The first kappa shape index (κ1) is 14.3. The number of imidazole rings is 1. The largest absolute Gasteiger partial charge is 0.494 e. The molecule has 0 N–H and O–H groups in total. The Morgan fingerprint density at radius 3 is 2.95 bits per heavy atom. The standard InChI is InChI=1S/C14H13ClFN3OS/c1-20-13-5-12-11(4-10(13)16)18-14(2-3-15)19(12)6-9-7-21-8-17-9/h4-5,7-8H,2-3,6H2,1H3. The fourth-order valence-electron chi connectivity index (χ4n) is 2.26. The van der Waals surface area contributed by atoms with Crippen molar-refractivity contribution in [2.45, 2.75) is 13.0 Å². The number of rotatable bonds is 5. The molecule has 0 aliphatic carbocycles. The molecule has 0 aliphatic rings. The Kier molecular flexibility index (Phi) is 4.07. The summed E-state index contributed by atoms with van der Waals surface area (Å²) in [4.78, 5) is 8.77. The molecule has 110 valence electrons. The fraction of sp³-hybridized carbons (Fsp3) is 0.286. The van der Waals surface area contributed by atoms with Crippen LogP contribution in [0.4, 0.5) is 4.39 Å². The number of aryl methyl sites for hydroxylation is 1. The first-order valence-electron chi connectivity index (χ1n) is 6.38. The number of hydrogen-bond donors (Lipinski definition) is 0. The second-order valence-electron chi connectivity index (χ2n) is 4.51. The van der Waals surface area contributed by atoms with Gasteiger partial charge < -0.3 is 9.30 Å². The topological polar surface area (TPSA) is 39.9 Å². The van der Waals surface area contributed by atoms with E-state index < -0.39 is 5.82 Å². The third-order valence-corrected chi connectivity index (χ3v) is 4.05. The quantitative estimate of drug-likeness (QED) is 0.674. The monoisotopic (exact) mass is 325 g/mol. The number of thiazole rings is 1. The van der Waals surface area contributed by atoms with Crippen LogP contribution in [-0.2, 0) is 13.0 Å². The van der Waals surface area contributed by atoms with E-state index in [-0.39, 0.29) is 5.75 Å². The predicted octanol–water partition coefficient (Wildman–Crippen LogP) is 3.47. The first-order valence-corrected chi connectivity index (χ1v) is 7.86. The zero-order valence-corrected chi connectivity index (χ0v) is 12.9. The van der Waals surface area contributed by atoms with E-state index in [4.69, 9.17) is 16.3 Å². The van der Waals surface area contributed by atoms with Crippen molar-refractivity contribution in [1.29, 1.82) is 0 Å². The number of methoxy groups -OCH3 is 1. The summed E-state index contributed by atoms with van der Waals surface area (Å²) in [5.41, 5.74) is 4.15. The lowest BCUT2D eigenvalue weighted by molar-refractivity contribution is 0.387. The van der Waals surface area contributed by atoms with Gasteiger partial charge in [0.15, 0.2) is 11.6 Å². The number of benzene rings is 1. The Hall–Kier alpha value is -1.66. The Bertz CT molecular complexity index is 757. The van der Waals surface area contributed by atoms with E-state index in [9.17, 15) is 4.39 Å². The molecule has 0 atom stereocenters. The molecule has 0 saturated heterocycles. The molecule has 4 nitrogen and oxygen atoms in total. The van der Waals surface area contributed by atoms with Crippen molar-refractivity contribution in [3.8, 4) is 5.75 Å². The summed E-state index contributed by atoms with van der Waals surface area (Å²) < 4.78 is 20.9. The van der Waals surface area contributed by atoms with Gasteiger partial charge in [-0.2, -0.15) is 0 Å². The highest BCUT2D eigenvalue weighted by atomic mass is 35.5. The highest BCUT2D eigenvalue weighted by Crippen LogP contribution is 2.26. The molecular formula is C14H13ClFN3OS. The molecule has 1 aromatic carbocycles. The smallest absolute Gasteiger partial charge is 0.167 e. The van der Waals surface area contributed by atoms with Gasteiger partial charge in [0.05, 0.1) is 35.9 Å². The van der Waals surface area contributed by atoms with Gasteiger partial charge in [-0.1, -0.05) is 0 Å². The minimum absolute atomic E-state index is 0.208. The number of nitrogens with zero attached hydrogens (tertiary/aromatic N) is 3. The zero-order valence-electron chi connectivity index (χ0n) is 11.3. The van der Waals surface area contributed by atoms with Crippen molar-refractivity contribution in [2.75, 3.05) is 13.0 Å². The van der Waals surface area contributed by atoms with Crippen LogP contribution in [0.3, 0.4) is 0 Å². The van der Waals surface area contributed by atoms with Crippen molar-refractivity contribution >= 4 is 34.0 Å². The van der Waals surface area contributed by atoms with Gasteiger partial charge in [-0.05, 0) is 0 Å². The average Bonchev–Trinajstić information content (AvgIpc) is 3.08. The van der Waals surface area contributed by atoms with Crippen LogP contribution in [-0.4, -0.2) is 27.5 Å². The average molecular weight is 326 g/mol. The van der Waals surface area contributed by atoms with Crippen molar-refractivity contribution in [3.63, 3.8) is 0 Å². The first-order chi connectivity index (χ1) is 10.2. The number of hydrogen-bond acceptors (Lipinski definition) is 4. The van der Waals surface area contributed by atoms with E-state index in [2.05, 4.69) is 9.97 Å². The Morgan fingerprint density at radius 2 is 2.29 bits per heavy atom. The molecule has 2 aromatic heterocycles. The molecule has 0 bridgehead atoms. The Morgan fingerprint density at radius 1 is 1.43 bits per heavy atom. The molecule has 0 spiro atoms. The van der Waals surface area contributed by atoms with Crippen LogP contribution in [0, 0.1) is 5.82 Å². The molecule has 0 radical (unpaired) electrons. The maximum atomic E-state index is 13.8. The van der Waals surface area contributed by atoms with Crippen molar-refractivity contribution < 1.29 is 9.13 Å². The van der Waals surface area contributed by atoms with Crippen LogP contribution in [0.5, 0.6) is 5.75 Å². The molecule has 2 heterocycles. The molecule has 0 amide bonds. The molecular weight excluding hydrogens is 313 g/mol. The van der Waals surface area contributed by atoms with E-state index in [1.54, 1.807) is 22.9 Å². The molecule has 7 heteroatoms. The van der Waals surface area contributed by atoms with Crippen molar-refractivity contribution in [2.24, 2.45) is 0 Å². The highest BCUT2D eigenvalue weighted by Gasteiger charge is 2.15. The van der Waals surface area contributed by atoms with Gasteiger partial charge in [-0.25, -0.2) is 14.4 Å². The van der Waals surface area contributed by atoms with Gasteiger partial charge in [0.25, 0.3) is 0 Å². The summed E-state index contributed by atoms with van der Waals surface area (Å²) in [6.45, 7) is 0.584. The van der Waals surface area contributed by atoms with Crippen LogP contribution in [0.25, 0.3) is 11.0 Å². The number of fused-ring (bicyclic) bond motifs is 1. The number of aromatic nitrogens is 3. The number of alkyl halides is 1. The van der Waals surface area contributed by atoms with Crippen LogP contribution in [0.15, 0.2) is 23.0 Å².